The highest BCUT2D eigenvalue weighted by molar-refractivity contribution is 5.90. The summed E-state index contributed by atoms with van der Waals surface area (Å²) in [4.78, 5) is 15.5. The molecule has 1 aliphatic heterocycles. The molecular weight excluding hydrogens is 370 g/mol. The van der Waals surface area contributed by atoms with Crippen LogP contribution in [0.3, 0.4) is 0 Å². The average molecular weight is 393 g/mol. The molecule has 0 aliphatic carbocycles. The molecular formula is C26H23N3O. The van der Waals surface area contributed by atoms with Crippen LogP contribution in [0, 0.1) is 6.92 Å². The number of para-hydroxylation sites is 1. The van der Waals surface area contributed by atoms with Crippen LogP contribution in [0.1, 0.15) is 28.4 Å². The zero-order chi connectivity index (χ0) is 20.5. The van der Waals surface area contributed by atoms with E-state index in [4.69, 9.17) is 0 Å². The molecule has 30 heavy (non-hydrogen) atoms. The van der Waals surface area contributed by atoms with E-state index in [1.165, 1.54) is 0 Å². The van der Waals surface area contributed by atoms with E-state index in [-0.39, 0.29) is 12.1 Å². The van der Waals surface area contributed by atoms with Gasteiger partial charge in [-0.05, 0) is 48.4 Å². The van der Waals surface area contributed by atoms with Crippen molar-refractivity contribution in [2.75, 3.05) is 5.32 Å². The minimum atomic E-state index is -0.195. The topological polar surface area (TPSA) is 37.3 Å². The van der Waals surface area contributed by atoms with Crippen molar-refractivity contribution >= 4 is 11.7 Å². The zero-order valence-corrected chi connectivity index (χ0v) is 16.8. The van der Waals surface area contributed by atoms with Gasteiger partial charge in [0.25, 0.3) is 0 Å². The molecule has 0 spiro atoms. The van der Waals surface area contributed by atoms with Crippen LogP contribution in [0.5, 0.6) is 0 Å². The fraction of sp³-hybridized carbons (Fsp3) is 0.115. The molecule has 4 heteroatoms. The lowest BCUT2D eigenvalue weighted by molar-refractivity contribution is 0.194. The predicted octanol–water partition coefficient (Wildman–Crippen LogP) is 5.92. The summed E-state index contributed by atoms with van der Waals surface area (Å²) in [5, 5.41) is 3.10. The first-order chi connectivity index (χ1) is 14.7. The number of urea groups is 1. The third-order valence-corrected chi connectivity index (χ3v) is 5.64. The molecule has 0 bridgehead atoms. The van der Waals surface area contributed by atoms with Crippen LogP contribution in [0.25, 0.3) is 5.69 Å². The third-order valence-electron chi connectivity index (χ3n) is 5.64. The normalized spacial score (nSPS) is 15.1. The van der Waals surface area contributed by atoms with Crippen molar-refractivity contribution < 1.29 is 4.79 Å². The zero-order valence-electron chi connectivity index (χ0n) is 16.8. The maximum atomic E-state index is 13.5. The van der Waals surface area contributed by atoms with Crippen LogP contribution in [0.15, 0.2) is 97.2 Å². The number of rotatable bonds is 2. The highest BCUT2D eigenvalue weighted by Crippen LogP contribution is 2.36. The summed E-state index contributed by atoms with van der Waals surface area (Å²) in [7, 11) is 0. The van der Waals surface area contributed by atoms with Gasteiger partial charge in [-0.3, -0.25) is 0 Å². The molecule has 0 saturated carbocycles. The number of carbonyl (C=O) groups excluding carboxylic acids is 1. The molecule has 1 N–H and O–H groups in total. The van der Waals surface area contributed by atoms with Gasteiger partial charge in [0.2, 0.25) is 0 Å². The molecule has 4 aromatic rings. The van der Waals surface area contributed by atoms with E-state index in [2.05, 4.69) is 46.4 Å². The Kier molecular flexibility index (Phi) is 4.60. The van der Waals surface area contributed by atoms with Crippen LogP contribution in [0.4, 0.5) is 10.5 Å². The Bertz CT molecular complexity index is 1180. The van der Waals surface area contributed by atoms with Crippen LogP contribution in [-0.2, 0) is 6.54 Å². The molecule has 2 heterocycles. The Labute approximate surface area is 176 Å². The second-order valence-electron chi connectivity index (χ2n) is 7.67. The first-order valence-corrected chi connectivity index (χ1v) is 10.2. The fourth-order valence-corrected chi connectivity index (χ4v) is 4.16. The van der Waals surface area contributed by atoms with Crippen LogP contribution >= 0.6 is 0 Å². The molecule has 0 saturated heterocycles. The van der Waals surface area contributed by atoms with Crippen molar-refractivity contribution in [3.8, 4) is 5.69 Å². The third kappa shape index (κ3) is 3.26. The number of hydrogen-bond donors (Lipinski definition) is 1. The molecule has 1 aliphatic rings. The number of hydrogen-bond acceptors (Lipinski definition) is 1. The largest absolute Gasteiger partial charge is 0.322 e. The van der Waals surface area contributed by atoms with E-state index >= 15 is 0 Å². The number of nitrogens with zero attached hydrogens (tertiary/aromatic N) is 2. The second-order valence-corrected chi connectivity index (χ2v) is 7.67. The summed E-state index contributed by atoms with van der Waals surface area (Å²) >= 11 is 0. The van der Waals surface area contributed by atoms with Gasteiger partial charge in [0.05, 0.1) is 18.3 Å². The van der Waals surface area contributed by atoms with Crippen molar-refractivity contribution in [1.82, 2.24) is 9.47 Å². The van der Waals surface area contributed by atoms with Gasteiger partial charge in [-0.25, -0.2) is 4.79 Å². The van der Waals surface area contributed by atoms with Gasteiger partial charge in [0.15, 0.2) is 0 Å². The lowest BCUT2D eigenvalue weighted by Crippen LogP contribution is -2.37. The van der Waals surface area contributed by atoms with E-state index < -0.39 is 0 Å². The van der Waals surface area contributed by atoms with Gasteiger partial charge in [-0.15, -0.1) is 0 Å². The number of nitrogens with one attached hydrogen (secondary N) is 1. The molecule has 1 atom stereocenters. The SMILES string of the molecule is Cc1ccc(NC(=O)N2Cc3ccccc3-n3cccc3[C@H]2c2ccccc2)cc1. The van der Waals surface area contributed by atoms with Crippen LogP contribution in [-0.4, -0.2) is 15.5 Å². The number of anilines is 1. The Morgan fingerprint density at radius 1 is 0.867 bits per heavy atom. The number of aromatic nitrogens is 1. The van der Waals surface area contributed by atoms with Crippen molar-refractivity contribution in [1.29, 1.82) is 0 Å². The lowest BCUT2D eigenvalue weighted by atomic mass is 10.0. The standard InChI is InChI=1S/C26H23N3O/c1-19-13-15-22(16-14-19)27-26(30)29-18-21-10-5-6-11-23(21)28-17-7-12-24(28)25(29)20-8-3-2-4-9-20/h2-17,25H,18H2,1H3,(H,27,30)/t25-/m1/s1. The number of fused-ring (bicyclic) bond motifs is 3. The highest BCUT2D eigenvalue weighted by Gasteiger charge is 2.32. The molecule has 4 nitrogen and oxygen atoms in total. The maximum absolute atomic E-state index is 13.5. The van der Waals surface area contributed by atoms with E-state index in [1.807, 2.05) is 72.5 Å². The first-order valence-electron chi connectivity index (χ1n) is 10.2. The van der Waals surface area contributed by atoms with Crippen molar-refractivity contribution in [3.05, 3.63) is 120 Å². The Balaban J connectivity index is 1.62. The van der Waals surface area contributed by atoms with Crippen molar-refractivity contribution in [2.45, 2.75) is 19.5 Å². The van der Waals surface area contributed by atoms with Gasteiger partial charge in [0, 0.05) is 17.6 Å². The highest BCUT2D eigenvalue weighted by atomic mass is 16.2. The van der Waals surface area contributed by atoms with E-state index in [1.54, 1.807) is 0 Å². The fourth-order valence-electron chi connectivity index (χ4n) is 4.16. The minimum Gasteiger partial charge on any atom is -0.318 e. The van der Waals surface area contributed by atoms with E-state index in [0.717, 1.165) is 33.8 Å². The quantitative estimate of drug-likeness (QED) is 0.451. The monoisotopic (exact) mass is 393 g/mol. The molecule has 148 valence electrons. The minimum absolute atomic E-state index is 0.114. The number of amides is 2. The molecule has 0 unspecified atom stereocenters. The Morgan fingerprint density at radius 2 is 1.60 bits per heavy atom. The van der Waals surface area contributed by atoms with Crippen molar-refractivity contribution in [2.24, 2.45) is 0 Å². The Hall–Kier alpha value is -3.79. The Morgan fingerprint density at radius 3 is 2.40 bits per heavy atom. The molecule has 0 fully saturated rings. The lowest BCUT2D eigenvalue weighted by Gasteiger charge is -2.31. The summed E-state index contributed by atoms with van der Waals surface area (Å²) in [6.45, 7) is 2.56. The van der Waals surface area contributed by atoms with Crippen LogP contribution < -0.4 is 5.32 Å². The summed E-state index contributed by atoms with van der Waals surface area (Å²) < 4.78 is 2.20. The van der Waals surface area contributed by atoms with Crippen LogP contribution in [0.2, 0.25) is 0 Å². The molecule has 1 aromatic heterocycles. The number of aryl methyl sites for hydroxylation is 1. The number of carbonyl (C=O) groups is 1. The maximum Gasteiger partial charge on any atom is 0.322 e. The summed E-state index contributed by atoms with van der Waals surface area (Å²) in [6.07, 6.45) is 2.07. The van der Waals surface area contributed by atoms with Gasteiger partial charge in [-0.2, -0.15) is 0 Å². The first kappa shape index (κ1) is 18.3. The summed E-state index contributed by atoms with van der Waals surface area (Å²) in [5.74, 6) is 0. The number of benzene rings is 3. The predicted molar refractivity (Wildman–Crippen MR) is 120 cm³/mol. The second kappa shape index (κ2) is 7.56. The van der Waals surface area contributed by atoms with Crippen molar-refractivity contribution in [3.63, 3.8) is 0 Å². The van der Waals surface area contributed by atoms with E-state index in [9.17, 15) is 4.79 Å². The molecule has 2 amide bonds. The molecule has 5 rings (SSSR count). The summed E-state index contributed by atoms with van der Waals surface area (Å²) in [6, 6.07) is 30.3. The van der Waals surface area contributed by atoms with Gasteiger partial charge in [0.1, 0.15) is 0 Å². The average Bonchev–Trinajstić information content (AvgIpc) is 3.20. The smallest absolute Gasteiger partial charge is 0.318 e. The summed E-state index contributed by atoms with van der Waals surface area (Å²) in [5.41, 5.74) is 6.35. The van der Waals surface area contributed by atoms with Gasteiger partial charge in [-0.1, -0.05) is 66.2 Å². The molecule has 0 radical (unpaired) electrons. The molecule has 3 aromatic carbocycles. The van der Waals surface area contributed by atoms with Gasteiger partial charge >= 0.3 is 6.03 Å². The van der Waals surface area contributed by atoms with E-state index in [0.29, 0.717) is 6.54 Å². The van der Waals surface area contributed by atoms with Gasteiger partial charge < -0.3 is 14.8 Å².